The quantitative estimate of drug-likeness (QED) is 0.325. The van der Waals surface area contributed by atoms with Gasteiger partial charge in [-0.3, -0.25) is 4.79 Å². The van der Waals surface area contributed by atoms with Crippen molar-refractivity contribution < 1.29 is 14.6 Å². The van der Waals surface area contributed by atoms with E-state index in [1.807, 2.05) is 24.3 Å². The highest BCUT2D eigenvalue weighted by Gasteiger charge is 2.31. The SMILES string of the molecule is CCC(CC)(c1ccc(/C=C/C2CCOCC2)c(C)c1)c1ccc(-c2ccc(CC(=O)O)cc2)c(C)c1. The lowest BCUT2D eigenvalue weighted by atomic mass is 9.69. The van der Waals surface area contributed by atoms with Crippen LogP contribution in [-0.2, 0) is 21.4 Å². The molecule has 1 heterocycles. The minimum Gasteiger partial charge on any atom is -0.481 e. The maximum absolute atomic E-state index is 11.0. The number of hydrogen-bond donors (Lipinski definition) is 1. The van der Waals surface area contributed by atoms with Crippen molar-refractivity contribution in [3.05, 3.63) is 100 Å². The molecule has 0 unspecified atom stereocenters. The summed E-state index contributed by atoms with van der Waals surface area (Å²) in [6, 6.07) is 21.8. The lowest BCUT2D eigenvalue weighted by Gasteiger charge is -2.34. The van der Waals surface area contributed by atoms with Gasteiger partial charge in [-0.15, -0.1) is 0 Å². The Kier molecular flexibility index (Phi) is 8.66. The van der Waals surface area contributed by atoms with E-state index >= 15 is 0 Å². The normalized spacial score (nSPS) is 14.8. The van der Waals surface area contributed by atoms with Crippen LogP contribution in [0.1, 0.15) is 72.9 Å². The Labute approximate surface area is 222 Å². The topological polar surface area (TPSA) is 46.5 Å². The third-order valence-corrected chi connectivity index (χ3v) is 8.24. The molecule has 194 valence electrons. The van der Waals surface area contributed by atoms with Crippen LogP contribution in [0.4, 0.5) is 0 Å². The van der Waals surface area contributed by atoms with Gasteiger partial charge in [-0.1, -0.05) is 86.7 Å². The van der Waals surface area contributed by atoms with E-state index in [1.165, 1.54) is 33.4 Å². The van der Waals surface area contributed by atoms with Crippen LogP contribution < -0.4 is 0 Å². The molecule has 3 nitrogen and oxygen atoms in total. The zero-order chi connectivity index (χ0) is 26.4. The first-order valence-corrected chi connectivity index (χ1v) is 13.7. The van der Waals surface area contributed by atoms with Crippen molar-refractivity contribution in [1.82, 2.24) is 0 Å². The van der Waals surface area contributed by atoms with E-state index in [2.05, 4.69) is 76.2 Å². The second-order valence-electron chi connectivity index (χ2n) is 10.5. The molecule has 0 aliphatic carbocycles. The molecule has 0 bridgehead atoms. The summed E-state index contributed by atoms with van der Waals surface area (Å²) in [6.07, 6.45) is 9.01. The zero-order valence-corrected chi connectivity index (χ0v) is 22.7. The fourth-order valence-corrected chi connectivity index (χ4v) is 5.80. The van der Waals surface area contributed by atoms with Gasteiger partial charge in [0, 0.05) is 18.6 Å². The molecular formula is C34H40O3. The summed E-state index contributed by atoms with van der Waals surface area (Å²) in [4.78, 5) is 11.0. The van der Waals surface area contributed by atoms with Crippen LogP contribution in [0.2, 0.25) is 0 Å². The molecule has 3 aromatic rings. The first-order chi connectivity index (χ1) is 17.9. The smallest absolute Gasteiger partial charge is 0.307 e. The first-order valence-electron chi connectivity index (χ1n) is 13.7. The van der Waals surface area contributed by atoms with E-state index in [0.717, 1.165) is 50.0 Å². The number of carboxylic acid groups (broad SMARTS) is 1. The third-order valence-electron chi connectivity index (χ3n) is 8.24. The predicted octanol–water partition coefficient (Wildman–Crippen LogP) is 8.14. The summed E-state index contributed by atoms with van der Waals surface area (Å²) >= 11 is 0. The van der Waals surface area contributed by atoms with Gasteiger partial charge in [-0.2, -0.15) is 0 Å². The molecule has 1 N–H and O–H groups in total. The van der Waals surface area contributed by atoms with Crippen LogP contribution in [-0.4, -0.2) is 24.3 Å². The van der Waals surface area contributed by atoms with E-state index in [-0.39, 0.29) is 11.8 Å². The van der Waals surface area contributed by atoms with E-state index in [1.54, 1.807) is 0 Å². The first kappa shape index (κ1) is 26.9. The minimum absolute atomic E-state index is 0.0393. The van der Waals surface area contributed by atoms with Crippen LogP contribution >= 0.6 is 0 Å². The molecule has 4 rings (SSSR count). The molecule has 0 atom stereocenters. The standard InChI is InChI=1S/C34H40O3/c1-5-34(6-2,30-14-13-28(24(3)21-30)10-7-26-17-19-37-20-18-26)31-15-16-32(25(4)22-31)29-11-8-27(9-12-29)23-33(35)36/h7-16,21-22,26H,5-6,17-20,23H2,1-4H3,(H,35,36)/b10-7+. The maximum atomic E-state index is 11.0. The molecular weight excluding hydrogens is 456 g/mol. The fraction of sp³-hybridized carbons (Fsp3) is 0.382. The molecule has 0 aromatic heterocycles. The number of benzene rings is 3. The summed E-state index contributed by atoms with van der Waals surface area (Å²) in [5, 5.41) is 9.05. The van der Waals surface area contributed by atoms with Crippen LogP contribution in [0.15, 0.2) is 66.7 Å². The van der Waals surface area contributed by atoms with Gasteiger partial charge in [-0.25, -0.2) is 0 Å². The molecule has 0 amide bonds. The van der Waals surface area contributed by atoms with Crippen molar-refractivity contribution in [2.45, 2.75) is 65.2 Å². The average Bonchev–Trinajstić information content (AvgIpc) is 2.90. The summed E-state index contributed by atoms with van der Waals surface area (Å²) < 4.78 is 5.50. The highest BCUT2D eigenvalue weighted by atomic mass is 16.5. The number of allylic oxidation sites excluding steroid dienone is 1. The Morgan fingerprint density at radius 1 is 0.919 bits per heavy atom. The van der Waals surface area contributed by atoms with Crippen molar-refractivity contribution in [1.29, 1.82) is 0 Å². The van der Waals surface area contributed by atoms with E-state index in [9.17, 15) is 4.79 Å². The van der Waals surface area contributed by atoms with Gasteiger partial charge in [0.1, 0.15) is 0 Å². The summed E-state index contributed by atoms with van der Waals surface area (Å²) in [5.41, 5.74) is 9.68. The Morgan fingerprint density at radius 3 is 2.11 bits per heavy atom. The maximum Gasteiger partial charge on any atom is 0.307 e. The Hall–Kier alpha value is -3.17. The van der Waals surface area contributed by atoms with E-state index < -0.39 is 5.97 Å². The predicted molar refractivity (Wildman–Crippen MR) is 153 cm³/mol. The van der Waals surface area contributed by atoms with Crippen molar-refractivity contribution in [2.75, 3.05) is 13.2 Å². The lowest BCUT2D eigenvalue weighted by molar-refractivity contribution is -0.136. The largest absolute Gasteiger partial charge is 0.481 e. The molecule has 3 heteroatoms. The third kappa shape index (κ3) is 6.05. The number of aliphatic carboxylic acids is 1. The molecule has 1 aliphatic rings. The molecule has 0 spiro atoms. The number of ether oxygens (including phenoxy) is 1. The van der Waals surface area contributed by atoms with E-state index in [4.69, 9.17) is 9.84 Å². The number of rotatable bonds is 9. The number of hydrogen-bond acceptors (Lipinski definition) is 2. The number of carbonyl (C=O) groups is 1. The van der Waals surface area contributed by atoms with Gasteiger partial charge in [0.15, 0.2) is 0 Å². The van der Waals surface area contributed by atoms with Crippen molar-refractivity contribution >= 4 is 12.0 Å². The highest BCUT2D eigenvalue weighted by Crippen LogP contribution is 2.41. The fourth-order valence-electron chi connectivity index (χ4n) is 5.80. The molecule has 3 aromatic carbocycles. The van der Waals surface area contributed by atoms with Gasteiger partial charge in [-0.05, 0) is 90.0 Å². The van der Waals surface area contributed by atoms with Gasteiger partial charge in [0.25, 0.3) is 0 Å². The Morgan fingerprint density at radius 2 is 1.54 bits per heavy atom. The van der Waals surface area contributed by atoms with Crippen LogP contribution in [0.25, 0.3) is 17.2 Å². The molecule has 1 fully saturated rings. The Balaban J connectivity index is 1.61. The molecule has 1 aliphatic heterocycles. The van der Waals surface area contributed by atoms with Gasteiger partial charge in [0.05, 0.1) is 6.42 Å². The lowest BCUT2D eigenvalue weighted by Crippen LogP contribution is -2.26. The Bertz CT molecular complexity index is 1240. The highest BCUT2D eigenvalue weighted by molar-refractivity contribution is 5.72. The van der Waals surface area contributed by atoms with Gasteiger partial charge < -0.3 is 9.84 Å². The van der Waals surface area contributed by atoms with Crippen LogP contribution in [0, 0.1) is 19.8 Å². The van der Waals surface area contributed by atoms with Crippen molar-refractivity contribution in [2.24, 2.45) is 5.92 Å². The zero-order valence-electron chi connectivity index (χ0n) is 22.7. The minimum atomic E-state index is -0.803. The summed E-state index contributed by atoms with van der Waals surface area (Å²) in [6.45, 7) is 10.7. The number of carboxylic acids is 1. The van der Waals surface area contributed by atoms with Gasteiger partial charge in [0.2, 0.25) is 0 Å². The molecule has 37 heavy (non-hydrogen) atoms. The monoisotopic (exact) mass is 496 g/mol. The van der Waals surface area contributed by atoms with Crippen molar-refractivity contribution in [3.63, 3.8) is 0 Å². The number of aryl methyl sites for hydroxylation is 2. The second-order valence-corrected chi connectivity index (χ2v) is 10.5. The van der Waals surface area contributed by atoms with Crippen LogP contribution in [0.3, 0.4) is 0 Å². The molecule has 0 radical (unpaired) electrons. The van der Waals surface area contributed by atoms with Crippen molar-refractivity contribution in [3.8, 4) is 11.1 Å². The summed E-state index contributed by atoms with van der Waals surface area (Å²) in [5.74, 6) is -0.185. The molecule has 0 saturated carbocycles. The van der Waals surface area contributed by atoms with Gasteiger partial charge >= 0.3 is 5.97 Å². The van der Waals surface area contributed by atoms with E-state index in [0.29, 0.717) is 5.92 Å². The molecule has 1 saturated heterocycles. The average molecular weight is 497 g/mol. The summed E-state index contributed by atoms with van der Waals surface area (Å²) in [7, 11) is 0. The van der Waals surface area contributed by atoms with Crippen LogP contribution in [0.5, 0.6) is 0 Å². The second kappa shape index (κ2) is 11.9.